The number of hydrogen-bond acceptors (Lipinski definition) is 5. The number of nitrogens with two attached hydrogens (primary N) is 1. The summed E-state index contributed by atoms with van der Waals surface area (Å²) < 4.78 is 16.7. The fraction of sp³-hybridized carbons (Fsp3) is 0.438. The van der Waals surface area contributed by atoms with Crippen LogP contribution in [0.2, 0.25) is 0 Å². The van der Waals surface area contributed by atoms with Gasteiger partial charge in [0, 0.05) is 31.1 Å². The number of carbonyl (C=O) groups is 1. The van der Waals surface area contributed by atoms with Crippen molar-refractivity contribution in [3.63, 3.8) is 0 Å². The molecule has 0 bridgehead atoms. The Morgan fingerprint density at radius 3 is 2.77 bits per heavy atom. The number of nitrogens with zero attached hydrogens (tertiary/aromatic N) is 1. The maximum atomic E-state index is 8.58. The van der Waals surface area contributed by atoms with E-state index >= 15 is 0 Å². The van der Waals surface area contributed by atoms with E-state index < -0.39 is 0 Å². The topological polar surface area (TPSA) is 77.9 Å². The van der Waals surface area contributed by atoms with Crippen molar-refractivity contribution in [3.05, 3.63) is 30.0 Å². The molecule has 1 amide bonds. The highest BCUT2D eigenvalue weighted by atomic mass is 16.5. The van der Waals surface area contributed by atoms with Crippen molar-refractivity contribution >= 4 is 17.4 Å². The van der Waals surface area contributed by atoms with Gasteiger partial charge in [-0.1, -0.05) is 0 Å². The molecule has 1 saturated heterocycles. The second-order valence-corrected chi connectivity index (χ2v) is 5.00. The molecule has 0 unspecified atom stereocenters. The molecule has 0 saturated carbocycles. The number of amides is 1. The third kappa shape index (κ3) is 4.75. The number of ether oxygens (including phenoxy) is 2. The van der Waals surface area contributed by atoms with Gasteiger partial charge in [-0.2, -0.15) is 0 Å². The van der Waals surface area contributed by atoms with E-state index in [1.54, 1.807) is 0 Å². The van der Waals surface area contributed by atoms with Crippen LogP contribution in [-0.2, 0) is 9.53 Å². The number of furan rings is 1. The highest BCUT2D eigenvalue weighted by Gasteiger charge is 2.10. The maximum Gasteiger partial charge on any atom is 0.204 e. The van der Waals surface area contributed by atoms with E-state index in [-0.39, 0.29) is 6.41 Å². The molecule has 1 aromatic carbocycles. The summed E-state index contributed by atoms with van der Waals surface area (Å²) >= 11 is 0. The smallest absolute Gasteiger partial charge is 0.204 e. The summed E-state index contributed by atoms with van der Waals surface area (Å²) in [6.45, 7) is 7.26. The molecule has 1 fully saturated rings. The summed E-state index contributed by atoms with van der Waals surface area (Å²) in [5, 5.41) is 1.12. The van der Waals surface area contributed by atoms with Gasteiger partial charge in [-0.15, -0.1) is 0 Å². The molecule has 0 radical (unpaired) electrons. The third-order valence-electron chi connectivity index (χ3n) is 3.39. The Hall–Kier alpha value is -2.05. The van der Waals surface area contributed by atoms with E-state index in [0.29, 0.717) is 6.61 Å². The first-order chi connectivity index (χ1) is 10.7. The normalized spacial score (nSPS) is 15.1. The second kappa shape index (κ2) is 8.41. The minimum atomic E-state index is 0.250. The molecule has 22 heavy (non-hydrogen) atoms. The molecule has 2 heterocycles. The van der Waals surface area contributed by atoms with E-state index in [2.05, 4.69) is 10.6 Å². The Balaban J connectivity index is 0.000000545. The van der Waals surface area contributed by atoms with Gasteiger partial charge in [-0.3, -0.25) is 9.69 Å². The van der Waals surface area contributed by atoms with Crippen molar-refractivity contribution in [1.82, 2.24) is 4.90 Å². The van der Waals surface area contributed by atoms with Crippen molar-refractivity contribution in [2.75, 3.05) is 39.5 Å². The van der Waals surface area contributed by atoms with Gasteiger partial charge in [0.15, 0.2) is 0 Å². The lowest BCUT2D eigenvalue weighted by molar-refractivity contribution is -0.106. The van der Waals surface area contributed by atoms with E-state index in [4.69, 9.17) is 18.7 Å². The number of morpholine rings is 1. The highest BCUT2D eigenvalue weighted by Crippen LogP contribution is 2.23. The van der Waals surface area contributed by atoms with Crippen molar-refractivity contribution in [2.45, 2.75) is 6.92 Å². The third-order valence-corrected chi connectivity index (χ3v) is 3.39. The van der Waals surface area contributed by atoms with Crippen LogP contribution in [-0.4, -0.2) is 50.8 Å². The lowest BCUT2D eigenvalue weighted by Crippen LogP contribution is -2.38. The van der Waals surface area contributed by atoms with Gasteiger partial charge >= 0.3 is 0 Å². The van der Waals surface area contributed by atoms with Gasteiger partial charge in [0.1, 0.15) is 23.7 Å². The average molecular weight is 306 g/mol. The summed E-state index contributed by atoms with van der Waals surface area (Å²) in [4.78, 5) is 10.9. The summed E-state index contributed by atoms with van der Waals surface area (Å²) in [6, 6.07) is 8.03. The number of hydrogen-bond donors (Lipinski definition) is 1. The molecule has 6 heteroatoms. The highest BCUT2D eigenvalue weighted by molar-refractivity contribution is 5.79. The molecule has 1 aliphatic rings. The molecule has 6 nitrogen and oxygen atoms in total. The summed E-state index contributed by atoms with van der Waals surface area (Å²) in [6.07, 6.45) is 0.250. The number of fused-ring (bicyclic) bond motifs is 1. The second-order valence-electron chi connectivity index (χ2n) is 5.00. The van der Waals surface area contributed by atoms with E-state index in [0.717, 1.165) is 55.3 Å². The number of benzene rings is 1. The number of aryl methyl sites for hydroxylation is 1. The Bertz CT molecular complexity index is 591. The number of rotatable bonds is 4. The Kier molecular flexibility index (Phi) is 6.24. The lowest BCUT2D eigenvalue weighted by atomic mass is 10.2. The zero-order valence-corrected chi connectivity index (χ0v) is 12.8. The van der Waals surface area contributed by atoms with E-state index in [9.17, 15) is 0 Å². The quantitative estimate of drug-likeness (QED) is 0.867. The maximum absolute atomic E-state index is 8.58. The van der Waals surface area contributed by atoms with Gasteiger partial charge in [0.2, 0.25) is 6.41 Å². The predicted molar refractivity (Wildman–Crippen MR) is 84.0 cm³/mol. The van der Waals surface area contributed by atoms with Gasteiger partial charge < -0.3 is 19.6 Å². The van der Waals surface area contributed by atoms with E-state index in [1.165, 1.54) is 0 Å². The molecular weight excluding hydrogens is 284 g/mol. The molecular formula is C16H22N2O4. The van der Waals surface area contributed by atoms with Crippen LogP contribution >= 0.6 is 0 Å². The van der Waals surface area contributed by atoms with Crippen LogP contribution in [0.3, 0.4) is 0 Å². The molecule has 1 aromatic heterocycles. The van der Waals surface area contributed by atoms with Crippen molar-refractivity contribution in [1.29, 1.82) is 0 Å². The molecule has 2 N–H and O–H groups in total. The molecule has 3 rings (SSSR count). The lowest BCUT2D eigenvalue weighted by Gasteiger charge is -2.26. The molecule has 1 aliphatic heterocycles. The zero-order valence-electron chi connectivity index (χ0n) is 12.8. The molecule has 0 spiro atoms. The Morgan fingerprint density at radius 1 is 1.32 bits per heavy atom. The Morgan fingerprint density at radius 2 is 2.05 bits per heavy atom. The fourth-order valence-corrected chi connectivity index (χ4v) is 2.35. The van der Waals surface area contributed by atoms with Gasteiger partial charge in [0.25, 0.3) is 0 Å². The monoisotopic (exact) mass is 306 g/mol. The van der Waals surface area contributed by atoms with Crippen LogP contribution in [0.1, 0.15) is 5.76 Å². The van der Waals surface area contributed by atoms with Crippen LogP contribution in [0.4, 0.5) is 0 Å². The number of primary amides is 1. The Labute approximate surface area is 129 Å². The first-order valence-corrected chi connectivity index (χ1v) is 7.31. The summed E-state index contributed by atoms with van der Waals surface area (Å²) in [7, 11) is 0. The van der Waals surface area contributed by atoms with E-state index in [1.807, 2.05) is 31.2 Å². The SMILES string of the molecule is Cc1cc2ccc(OCCN3CCOCC3)cc2o1.NC=O. The zero-order chi connectivity index (χ0) is 15.8. The average Bonchev–Trinajstić information content (AvgIpc) is 2.88. The van der Waals surface area contributed by atoms with Crippen LogP contribution in [0, 0.1) is 6.92 Å². The fourth-order valence-electron chi connectivity index (χ4n) is 2.35. The standard InChI is InChI=1S/C15H19NO3.CH3NO/c1-12-10-13-2-3-14(11-15(13)19-12)18-9-6-16-4-7-17-8-5-16;2-1-3/h2-3,10-11H,4-9H2,1H3;1H,(H2,2,3). The van der Waals surface area contributed by atoms with Gasteiger partial charge in [-0.05, 0) is 25.1 Å². The van der Waals surface area contributed by atoms with Crippen molar-refractivity contribution < 1.29 is 18.7 Å². The molecule has 0 atom stereocenters. The first-order valence-electron chi connectivity index (χ1n) is 7.31. The van der Waals surface area contributed by atoms with Crippen LogP contribution < -0.4 is 10.5 Å². The van der Waals surface area contributed by atoms with Crippen LogP contribution in [0.15, 0.2) is 28.7 Å². The minimum Gasteiger partial charge on any atom is -0.492 e. The van der Waals surface area contributed by atoms with Crippen LogP contribution in [0.5, 0.6) is 5.75 Å². The van der Waals surface area contributed by atoms with Gasteiger partial charge in [0.05, 0.1) is 13.2 Å². The largest absolute Gasteiger partial charge is 0.492 e. The molecule has 120 valence electrons. The summed E-state index contributed by atoms with van der Waals surface area (Å²) in [5.41, 5.74) is 5.06. The van der Waals surface area contributed by atoms with Crippen molar-refractivity contribution in [3.8, 4) is 5.75 Å². The predicted octanol–water partition coefficient (Wildman–Crippen LogP) is 1.55. The first kappa shape index (κ1) is 16.3. The minimum absolute atomic E-state index is 0.250. The van der Waals surface area contributed by atoms with Gasteiger partial charge in [-0.25, -0.2) is 0 Å². The number of carbonyl (C=O) groups excluding carboxylic acids is 1. The molecule has 0 aliphatic carbocycles. The molecule has 2 aromatic rings. The summed E-state index contributed by atoms with van der Waals surface area (Å²) in [5.74, 6) is 1.80. The van der Waals surface area contributed by atoms with Crippen LogP contribution in [0.25, 0.3) is 11.0 Å². The van der Waals surface area contributed by atoms with Crippen molar-refractivity contribution in [2.24, 2.45) is 5.73 Å².